The Morgan fingerprint density at radius 2 is 2.00 bits per heavy atom. The summed E-state index contributed by atoms with van der Waals surface area (Å²) < 4.78 is 7.24. The number of aromatic nitrogens is 3. The number of nitrogens with one attached hydrogen (secondary N) is 1. The van der Waals surface area contributed by atoms with E-state index in [1.54, 1.807) is 7.11 Å². The molecule has 5 rings (SSSR count). The van der Waals surface area contributed by atoms with Gasteiger partial charge in [0.15, 0.2) is 0 Å². The summed E-state index contributed by atoms with van der Waals surface area (Å²) in [6.45, 7) is 0.709. The zero-order chi connectivity index (χ0) is 19.3. The number of aryl methyl sites for hydroxylation is 1. The second-order valence-corrected chi connectivity index (χ2v) is 7.25. The third-order valence-electron chi connectivity index (χ3n) is 5.69. The highest BCUT2D eigenvalue weighted by Crippen LogP contribution is 2.38. The monoisotopic (exact) mass is 374 g/mol. The van der Waals surface area contributed by atoms with Gasteiger partial charge < -0.3 is 19.2 Å². The van der Waals surface area contributed by atoms with Gasteiger partial charge in [0.05, 0.1) is 16.7 Å². The van der Waals surface area contributed by atoms with E-state index in [4.69, 9.17) is 9.72 Å². The number of aromatic amines is 1. The molecule has 0 bridgehead atoms. The number of amides is 1. The van der Waals surface area contributed by atoms with E-state index >= 15 is 0 Å². The third kappa shape index (κ3) is 2.45. The van der Waals surface area contributed by atoms with Gasteiger partial charge in [-0.2, -0.15) is 0 Å². The van der Waals surface area contributed by atoms with Crippen LogP contribution in [-0.2, 0) is 23.0 Å². The van der Waals surface area contributed by atoms with Gasteiger partial charge in [0.1, 0.15) is 18.5 Å². The first-order valence-electron chi connectivity index (χ1n) is 9.48. The predicted molar refractivity (Wildman–Crippen MR) is 108 cm³/mol. The normalized spacial score (nSPS) is 16.6. The number of benzene rings is 2. The topological polar surface area (TPSA) is 63.1 Å². The Labute approximate surface area is 162 Å². The minimum Gasteiger partial charge on any atom is -0.375 e. The highest BCUT2D eigenvalue weighted by Gasteiger charge is 2.37. The Morgan fingerprint density at radius 3 is 2.82 bits per heavy atom. The lowest BCUT2D eigenvalue weighted by atomic mass is 9.96. The molecule has 2 aromatic carbocycles. The van der Waals surface area contributed by atoms with Crippen LogP contribution >= 0.6 is 0 Å². The first kappa shape index (κ1) is 17.0. The fourth-order valence-corrected chi connectivity index (χ4v) is 4.39. The van der Waals surface area contributed by atoms with E-state index in [1.807, 2.05) is 36.2 Å². The standard InChI is InChI=1S/C22H22N4O2/c1-25-18-10-6-5-9-17(18)24-22(25)21-20-15(11-12-26(21)19(27)13-28-2)14-7-3-4-8-16(14)23-20/h3-10,21,23H,11-13H2,1-2H3. The van der Waals surface area contributed by atoms with Crippen LogP contribution in [0, 0.1) is 0 Å². The third-order valence-corrected chi connectivity index (χ3v) is 5.69. The summed E-state index contributed by atoms with van der Waals surface area (Å²) in [6, 6.07) is 16.1. The van der Waals surface area contributed by atoms with Gasteiger partial charge in [-0.15, -0.1) is 0 Å². The molecule has 142 valence electrons. The summed E-state index contributed by atoms with van der Waals surface area (Å²) in [7, 11) is 3.57. The SMILES string of the molecule is COCC(=O)N1CCc2c([nH]c3ccccc23)C1c1nc2ccccc2n1C. The molecule has 6 heteroatoms. The zero-order valence-corrected chi connectivity index (χ0v) is 16.0. The molecule has 0 spiro atoms. The van der Waals surface area contributed by atoms with Crippen LogP contribution in [0.25, 0.3) is 21.9 Å². The maximum atomic E-state index is 12.9. The molecule has 1 unspecified atom stereocenters. The second kappa shape index (κ2) is 6.49. The van der Waals surface area contributed by atoms with Crippen molar-refractivity contribution in [2.45, 2.75) is 12.5 Å². The fourth-order valence-electron chi connectivity index (χ4n) is 4.39. The molecule has 3 heterocycles. The van der Waals surface area contributed by atoms with Crippen molar-refractivity contribution in [3.05, 3.63) is 65.6 Å². The average molecular weight is 374 g/mol. The van der Waals surface area contributed by atoms with Gasteiger partial charge in [-0.25, -0.2) is 4.98 Å². The van der Waals surface area contributed by atoms with Crippen molar-refractivity contribution in [1.29, 1.82) is 0 Å². The molecule has 2 aromatic heterocycles. The van der Waals surface area contributed by atoms with Gasteiger partial charge in [0, 0.05) is 31.6 Å². The summed E-state index contributed by atoms with van der Waals surface area (Å²) in [6.07, 6.45) is 0.815. The highest BCUT2D eigenvalue weighted by atomic mass is 16.5. The molecule has 1 amide bonds. The van der Waals surface area contributed by atoms with Gasteiger partial charge in [-0.3, -0.25) is 4.79 Å². The number of para-hydroxylation sites is 3. The number of nitrogens with zero attached hydrogens (tertiary/aromatic N) is 3. The lowest BCUT2D eigenvalue weighted by molar-refractivity contribution is -0.137. The molecule has 0 fully saturated rings. The summed E-state index contributed by atoms with van der Waals surface area (Å²) in [5.41, 5.74) is 5.41. The Morgan fingerprint density at radius 1 is 1.21 bits per heavy atom. The first-order chi connectivity index (χ1) is 13.7. The van der Waals surface area contributed by atoms with Crippen molar-refractivity contribution in [3.63, 3.8) is 0 Å². The van der Waals surface area contributed by atoms with Crippen molar-refractivity contribution < 1.29 is 9.53 Å². The maximum Gasteiger partial charge on any atom is 0.249 e. The Bertz CT molecular complexity index is 1190. The quantitative estimate of drug-likeness (QED) is 0.599. The predicted octanol–water partition coefficient (Wildman–Crippen LogP) is 3.18. The molecule has 0 radical (unpaired) electrons. The molecule has 0 saturated heterocycles. The minimum absolute atomic E-state index is 0.0242. The Kier molecular flexibility index (Phi) is 3.94. The molecular weight excluding hydrogens is 352 g/mol. The van der Waals surface area contributed by atoms with E-state index < -0.39 is 0 Å². The van der Waals surface area contributed by atoms with Crippen molar-refractivity contribution in [3.8, 4) is 0 Å². The number of rotatable bonds is 3. The number of hydrogen-bond donors (Lipinski definition) is 1. The number of ether oxygens (including phenoxy) is 1. The van der Waals surface area contributed by atoms with Crippen molar-refractivity contribution >= 4 is 27.8 Å². The second-order valence-electron chi connectivity index (χ2n) is 7.25. The molecule has 0 saturated carbocycles. The number of hydrogen-bond acceptors (Lipinski definition) is 3. The first-order valence-corrected chi connectivity index (χ1v) is 9.48. The summed E-state index contributed by atoms with van der Waals surface area (Å²) in [5.74, 6) is 0.835. The Hall–Kier alpha value is -3.12. The lowest BCUT2D eigenvalue weighted by Crippen LogP contribution is -2.43. The average Bonchev–Trinajstić information content (AvgIpc) is 3.25. The van der Waals surface area contributed by atoms with Crippen LogP contribution in [0.4, 0.5) is 0 Å². The Balaban J connectivity index is 1.74. The number of methoxy groups -OCH3 is 1. The molecule has 1 atom stereocenters. The number of H-pyrrole nitrogens is 1. The molecule has 6 nitrogen and oxygen atoms in total. The van der Waals surface area contributed by atoms with Crippen LogP contribution in [0.15, 0.2) is 48.5 Å². The zero-order valence-electron chi connectivity index (χ0n) is 16.0. The van der Waals surface area contributed by atoms with Gasteiger partial charge in [-0.05, 0) is 30.2 Å². The van der Waals surface area contributed by atoms with Crippen LogP contribution in [-0.4, -0.2) is 45.6 Å². The number of fused-ring (bicyclic) bond motifs is 4. The van der Waals surface area contributed by atoms with Crippen LogP contribution < -0.4 is 0 Å². The number of imidazole rings is 1. The minimum atomic E-state index is -0.267. The van der Waals surface area contributed by atoms with Gasteiger partial charge in [-0.1, -0.05) is 30.3 Å². The van der Waals surface area contributed by atoms with Gasteiger partial charge in [0.25, 0.3) is 0 Å². The van der Waals surface area contributed by atoms with E-state index in [9.17, 15) is 4.79 Å². The smallest absolute Gasteiger partial charge is 0.249 e. The van der Waals surface area contributed by atoms with Crippen LogP contribution in [0.1, 0.15) is 23.1 Å². The van der Waals surface area contributed by atoms with E-state index in [1.165, 1.54) is 10.9 Å². The van der Waals surface area contributed by atoms with E-state index in [2.05, 4.69) is 33.8 Å². The fraction of sp³-hybridized carbons (Fsp3) is 0.273. The van der Waals surface area contributed by atoms with Crippen LogP contribution in [0.3, 0.4) is 0 Å². The van der Waals surface area contributed by atoms with Gasteiger partial charge >= 0.3 is 0 Å². The van der Waals surface area contributed by atoms with Crippen LogP contribution in [0.2, 0.25) is 0 Å². The highest BCUT2D eigenvalue weighted by molar-refractivity contribution is 5.87. The maximum absolute atomic E-state index is 12.9. The largest absolute Gasteiger partial charge is 0.375 e. The van der Waals surface area contributed by atoms with Crippen LogP contribution in [0.5, 0.6) is 0 Å². The summed E-state index contributed by atoms with van der Waals surface area (Å²) in [4.78, 5) is 23.3. The molecule has 28 heavy (non-hydrogen) atoms. The van der Waals surface area contributed by atoms with Crippen molar-refractivity contribution in [2.24, 2.45) is 7.05 Å². The van der Waals surface area contributed by atoms with E-state index in [-0.39, 0.29) is 18.6 Å². The number of carbonyl (C=O) groups excluding carboxylic acids is 1. The van der Waals surface area contributed by atoms with Crippen molar-refractivity contribution in [2.75, 3.05) is 20.3 Å². The van der Waals surface area contributed by atoms with Crippen molar-refractivity contribution in [1.82, 2.24) is 19.4 Å². The van der Waals surface area contributed by atoms with Gasteiger partial charge in [0.2, 0.25) is 5.91 Å². The molecule has 0 aliphatic carbocycles. The summed E-state index contributed by atoms with van der Waals surface area (Å²) in [5, 5.41) is 1.22. The van der Waals surface area contributed by atoms with E-state index in [0.717, 1.165) is 34.5 Å². The summed E-state index contributed by atoms with van der Waals surface area (Å²) >= 11 is 0. The number of carbonyl (C=O) groups is 1. The van der Waals surface area contributed by atoms with E-state index in [0.29, 0.717) is 6.54 Å². The molecular formula is C22H22N4O2. The molecule has 1 aliphatic rings. The molecule has 1 N–H and O–H groups in total. The molecule has 4 aromatic rings. The lowest BCUT2D eigenvalue weighted by Gasteiger charge is -2.35. The molecule has 1 aliphatic heterocycles.